The molecule has 0 saturated carbocycles. The normalized spacial score (nSPS) is 12.2. The first-order valence-corrected chi connectivity index (χ1v) is 9.19. The third kappa shape index (κ3) is 3.23. The van der Waals surface area contributed by atoms with Crippen LogP contribution in [-0.2, 0) is 0 Å². The van der Waals surface area contributed by atoms with Gasteiger partial charge in [-0.25, -0.2) is 0 Å². The first kappa shape index (κ1) is 16.5. The first-order chi connectivity index (χ1) is 12.7. The fraction of sp³-hybridized carbons (Fsp3) is 0.150. The Morgan fingerprint density at radius 3 is 2.96 bits per heavy atom. The number of nitrogens with one attached hydrogen (secondary N) is 2. The van der Waals surface area contributed by atoms with Crippen molar-refractivity contribution in [3.63, 3.8) is 0 Å². The van der Waals surface area contributed by atoms with Crippen molar-refractivity contribution in [1.29, 1.82) is 0 Å². The Hall–Kier alpha value is -2.99. The van der Waals surface area contributed by atoms with Crippen LogP contribution in [0.5, 0.6) is 5.75 Å². The van der Waals surface area contributed by atoms with Crippen LogP contribution in [0.2, 0.25) is 0 Å². The number of amides is 1. The van der Waals surface area contributed by atoms with Crippen molar-refractivity contribution < 1.29 is 13.9 Å². The Labute approximate surface area is 154 Å². The van der Waals surface area contributed by atoms with Crippen LogP contribution in [0.25, 0.3) is 10.9 Å². The highest BCUT2D eigenvalue weighted by Crippen LogP contribution is 2.26. The molecule has 1 amide bonds. The fourth-order valence-corrected chi connectivity index (χ4v) is 3.71. The van der Waals surface area contributed by atoms with E-state index in [9.17, 15) is 4.79 Å². The molecule has 3 heterocycles. The van der Waals surface area contributed by atoms with Gasteiger partial charge in [0.2, 0.25) is 0 Å². The predicted molar refractivity (Wildman–Crippen MR) is 102 cm³/mol. The van der Waals surface area contributed by atoms with E-state index in [1.54, 1.807) is 24.7 Å². The van der Waals surface area contributed by atoms with Gasteiger partial charge in [-0.15, -0.1) is 0 Å². The third-order valence-corrected chi connectivity index (χ3v) is 5.07. The van der Waals surface area contributed by atoms with E-state index in [-0.39, 0.29) is 11.8 Å². The van der Waals surface area contributed by atoms with Crippen molar-refractivity contribution in [3.05, 3.63) is 76.5 Å². The molecule has 0 radical (unpaired) electrons. The Morgan fingerprint density at radius 1 is 1.31 bits per heavy atom. The highest BCUT2D eigenvalue weighted by molar-refractivity contribution is 7.08. The van der Waals surface area contributed by atoms with Crippen LogP contribution in [0.15, 0.2) is 63.9 Å². The smallest absolute Gasteiger partial charge is 0.267 e. The summed E-state index contributed by atoms with van der Waals surface area (Å²) in [6, 6.07) is 13.4. The molecule has 0 fully saturated rings. The van der Waals surface area contributed by atoms with Gasteiger partial charge < -0.3 is 19.5 Å². The average molecular weight is 366 g/mol. The number of carbonyl (C=O) groups excluding carboxylic acids is 1. The maximum absolute atomic E-state index is 12.6. The second-order valence-electron chi connectivity index (χ2n) is 5.97. The first-order valence-electron chi connectivity index (χ1n) is 8.25. The summed E-state index contributed by atoms with van der Waals surface area (Å²) >= 11 is 1.63. The van der Waals surface area contributed by atoms with Crippen LogP contribution in [-0.4, -0.2) is 24.5 Å². The lowest BCUT2D eigenvalue weighted by atomic mass is 9.99. The lowest BCUT2D eigenvalue weighted by molar-refractivity contribution is 0.0947. The maximum atomic E-state index is 12.6. The molecule has 0 bridgehead atoms. The van der Waals surface area contributed by atoms with E-state index in [4.69, 9.17) is 9.15 Å². The number of furan rings is 1. The number of methoxy groups -OCH3 is 1. The maximum Gasteiger partial charge on any atom is 0.267 e. The SMILES string of the molecule is COc1ccc2cc(C(=O)NCC(c3ccsc3)c3ccco3)[nH]c2c1. The number of benzene rings is 1. The van der Waals surface area contributed by atoms with E-state index in [0.29, 0.717) is 12.2 Å². The van der Waals surface area contributed by atoms with Gasteiger partial charge in [-0.3, -0.25) is 4.79 Å². The van der Waals surface area contributed by atoms with Crippen molar-refractivity contribution in [2.45, 2.75) is 5.92 Å². The summed E-state index contributed by atoms with van der Waals surface area (Å²) in [6.45, 7) is 0.460. The van der Waals surface area contributed by atoms with Crippen LogP contribution in [0.4, 0.5) is 0 Å². The van der Waals surface area contributed by atoms with Crippen molar-refractivity contribution in [2.75, 3.05) is 13.7 Å². The molecule has 4 rings (SSSR count). The molecule has 1 aromatic carbocycles. The molecule has 0 saturated heterocycles. The second kappa shape index (κ2) is 7.09. The minimum atomic E-state index is -0.146. The zero-order valence-electron chi connectivity index (χ0n) is 14.2. The topological polar surface area (TPSA) is 67.3 Å². The monoisotopic (exact) mass is 366 g/mol. The molecule has 5 nitrogen and oxygen atoms in total. The van der Waals surface area contributed by atoms with Crippen LogP contribution >= 0.6 is 11.3 Å². The lowest BCUT2D eigenvalue weighted by Crippen LogP contribution is -2.28. The molecule has 1 atom stereocenters. The summed E-state index contributed by atoms with van der Waals surface area (Å²) in [5.74, 6) is 1.43. The Balaban J connectivity index is 1.52. The fourth-order valence-electron chi connectivity index (χ4n) is 2.99. The number of carbonyl (C=O) groups is 1. The molecule has 132 valence electrons. The molecule has 0 aliphatic heterocycles. The highest BCUT2D eigenvalue weighted by Gasteiger charge is 2.19. The Bertz CT molecular complexity index is 969. The van der Waals surface area contributed by atoms with Crippen molar-refractivity contribution in [2.24, 2.45) is 0 Å². The molecule has 0 aliphatic carbocycles. The van der Waals surface area contributed by atoms with Gasteiger partial charge in [-0.05, 0) is 52.7 Å². The van der Waals surface area contributed by atoms with E-state index < -0.39 is 0 Å². The van der Waals surface area contributed by atoms with Crippen LogP contribution in [0, 0.1) is 0 Å². The minimum absolute atomic E-state index is 0.00956. The van der Waals surface area contributed by atoms with Gasteiger partial charge in [0.25, 0.3) is 5.91 Å². The van der Waals surface area contributed by atoms with Gasteiger partial charge in [0.05, 0.1) is 19.3 Å². The number of rotatable bonds is 6. The lowest BCUT2D eigenvalue weighted by Gasteiger charge is -2.14. The summed E-state index contributed by atoms with van der Waals surface area (Å²) in [5.41, 5.74) is 2.53. The Morgan fingerprint density at radius 2 is 2.23 bits per heavy atom. The summed E-state index contributed by atoms with van der Waals surface area (Å²) < 4.78 is 10.8. The van der Waals surface area contributed by atoms with E-state index in [0.717, 1.165) is 28.0 Å². The molecular weight excluding hydrogens is 348 g/mol. The minimum Gasteiger partial charge on any atom is -0.497 e. The van der Waals surface area contributed by atoms with Gasteiger partial charge >= 0.3 is 0 Å². The van der Waals surface area contributed by atoms with Gasteiger partial charge in [0.15, 0.2) is 0 Å². The van der Waals surface area contributed by atoms with E-state index >= 15 is 0 Å². The molecule has 0 spiro atoms. The zero-order chi connectivity index (χ0) is 17.9. The molecular formula is C20H18N2O3S. The zero-order valence-corrected chi connectivity index (χ0v) is 15.0. The summed E-state index contributed by atoms with van der Waals surface area (Å²) in [7, 11) is 1.62. The number of aromatic nitrogens is 1. The van der Waals surface area contributed by atoms with Gasteiger partial charge in [0, 0.05) is 23.5 Å². The number of hydrogen-bond donors (Lipinski definition) is 2. The molecule has 26 heavy (non-hydrogen) atoms. The number of hydrogen-bond acceptors (Lipinski definition) is 4. The van der Waals surface area contributed by atoms with Crippen LogP contribution in [0.1, 0.15) is 27.7 Å². The van der Waals surface area contributed by atoms with Crippen molar-refractivity contribution in [3.8, 4) is 5.75 Å². The predicted octanol–water partition coefficient (Wildman–Crippen LogP) is 4.39. The molecule has 4 aromatic rings. The third-order valence-electron chi connectivity index (χ3n) is 4.37. The number of ether oxygens (including phenoxy) is 1. The van der Waals surface area contributed by atoms with E-state index in [1.165, 1.54) is 0 Å². The molecule has 6 heteroatoms. The second-order valence-corrected chi connectivity index (χ2v) is 6.75. The summed E-state index contributed by atoms with van der Waals surface area (Å²) in [6.07, 6.45) is 1.65. The number of H-pyrrole nitrogens is 1. The van der Waals surface area contributed by atoms with Crippen LogP contribution in [0.3, 0.4) is 0 Å². The number of aromatic amines is 1. The molecule has 0 aliphatic rings. The van der Waals surface area contributed by atoms with Crippen molar-refractivity contribution >= 4 is 28.1 Å². The molecule has 2 N–H and O–H groups in total. The van der Waals surface area contributed by atoms with Gasteiger partial charge in [0.1, 0.15) is 17.2 Å². The van der Waals surface area contributed by atoms with E-state index in [1.807, 2.05) is 41.8 Å². The quantitative estimate of drug-likeness (QED) is 0.532. The van der Waals surface area contributed by atoms with E-state index in [2.05, 4.69) is 21.7 Å². The summed E-state index contributed by atoms with van der Waals surface area (Å²) in [5, 5.41) is 8.08. The number of fused-ring (bicyclic) bond motifs is 1. The summed E-state index contributed by atoms with van der Waals surface area (Å²) in [4.78, 5) is 15.8. The largest absolute Gasteiger partial charge is 0.497 e. The average Bonchev–Trinajstić information content (AvgIpc) is 3.41. The standard InChI is InChI=1S/C20H18N2O3S/c1-24-15-5-4-13-9-18(22-17(13)10-15)20(23)21-11-16(14-6-8-26-12-14)19-3-2-7-25-19/h2-10,12,16,22H,11H2,1H3,(H,21,23). The molecule has 1 unspecified atom stereocenters. The van der Waals surface area contributed by atoms with Gasteiger partial charge in [-0.2, -0.15) is 11.3 Å². The Kier molecular flexibility index (Phi) is 4.50. The highest BCUT2D eigenvalue weighted by atomic mass is 32.1. The van der Waals surface area contributed by atoms with Crippen molar-refractivity contribution in [1.82, 2.24) is 10.3 Å². The molecule has 3 aromatic heterocycles. The van der Waals surface area contributed by atoms with Crippen LogP contribution < -0.4 is 10.1 Å². The number of thiophene rings is 1. The van der Waals surface area contributed by atoms with Gasteiger partial charge in [-0.1, -0.05) is 0 Å².